The van der Waals surface area contributed by atoms with Crippen molar-refractivity contribution in [2.45, 2.75) is 6.04 Å². The molecular formula is C12H14F2N2O2S. The first-order valence-corrected chi connectivity index (χ1v) is 6.20. The number of nitrogens with zero attached hydrogens (tertiary/aromatic N) is 1. The summed E-state index contributed by atoms with van der Waals surface area (Å²) >= 11 is 4.65. The summed E-state index contributed by atoms with van der Waals surface area (Å²) < 4.78 is 33.1. The summed E-state index contributed by atoms with van der Waals surface area (Å²) in [7, 11) is 0. The molecule has 1 aliphatic heterocycles. The Balaban J connectivity index is 2.39. The van der Waals surface area contributed by atoms with E-state index in [1.807, 2.05) is 0 Å². The Morgan fingerprint density at radius 2 is 2.21 bits per heavy atom. The van der Waals surface area contributed by atoms with E-state index in [0.717, 1.165) is 0 Å². The molecule has 1 unspecified atom stereocenters. The Morgan fingerprint density at radius 3 is 2.84 bits per heavy atom. The van der Waals surface area contributed by atoms with Gasteiger partial charge in [0.05, 0.1) is 31.5 Å². The zero-order valence-corrected chi connectivity index (χ0v) is 10.9. The summed E-state index contributed by atoms with van der Waals surface area (Å²) in [6.45, 7) is 0.856. The van der Waals surface area contributed by atoms with Crippen molar-refractivity contribution in [3.8, 4) is 0 Å². The highest BCUT2D eigenvalue weighted by Crippen LogP contribution is 2.27. The van der Waals surface area contributed by atoms with Gasteiger partial charge in [0.1, 0.15) is 4.99 Å². The molecule has 2 rings (SSSR count). The maximum Gasteiger partial charge on any atom is 0.182 e. The maximum atomic E-state index is 14.1. The molecule has 1 atom stereocenters. The summed E-state index contributed by atoms with van der Waals surface area (Å²) in [5, 5.41) is 9.25. The van der Waals surface area contributed by atoms with E-state index in [9.17, 15) is 13.9 Å². The number of thiocarbonyl (C=S) groups is 1. The van der Waals surface area contributed by atoms with Crippen molar-refractivity contribution in [3.05, 3.63) is 29.3 Å². The second kappa shape index (κ2) is 5.77. The number of aliphatic hydroxyl groups is 1. The lowest BCUT2D eigenvalue weighted by Crippen LogP contribution is -2.48. The van der Waals surface area contributed by atoms with Gasteiger partial charge in [-0.2, -0.15) is 0 Å². The Bertz CT molecular complexity index is 499. The molecule has 1 aliphatic rings. The van der Waals surface area contributed by atoms with Gasteiger partial charge in [-0.15, -0.1) is 0 Å². The third-order valence-corrected chi connectivity index (χ3v) is 3.30. The summed E-state index contributed by atoms with van der Waals surface area (Å²) in [6, 6.07) is 2.37. The third kappa shape index (κ3) is 2.68. The van der Waals surface area contributed by atoms with Crippen molar-refractivity contribution in [2.75, 3.05) is 31.3 Å². The molecule has 1 aromatic carbocycles. The molecule has 1 heterocycles. The van der Waals surface area contributed by atoms with Crippen molar-refractivity contribution >= 4 is 22.9 Å². The second-order valence-corrected chi connectivity index (χ2v) is 4.67. The highest BCUT2D eigenvalue weighted by atomic mass is 32.1. The van der Waals surface area contributed by atoms with E-state index in [0.29, 0.717) is 13.2 Å². The third-order valence-electron chi connectivity index (χ3n) is 3.08. The number of morpholine rings is 1. The first-order chi connectivity index (χ1) is 9.06. The predicted molar refractivity (Wildman–Crippen MR) is 71.3 cm³/mol. The van der Waals surface area contributed by atoms with Crippen LogP contribution >= 0.6 is 12.2 Å². The van der Waals surface area contributed by atoms with Crippen LogP contribution in [0, 0.1) is 11.6 Å². The largest absolute Gasteiger partial charge is 0.394 e. The Morgan fingerprint density at radius 1 is 1.47 bits per heavy atom. The van der Waals surface area contributed by atoms with Crippen LogP contribution in [0.15, 0.2) is 12.1 Å². The number of ether oxygens (including phenoxy) is 1. The molecule has 7 heteroatoms. The maximum absolute atomic E-state index is 14.1. The van der Waals surface area contributed by atoms with Gasteiger partial charge in [0.25, 0.3) is 0 Å². The van der Waals surface area contributed by atoms with Crippen LogP contribution in [-0.4, -0.2) is 42.5 Å². The van der Waals surface area contributed by atoms with Gasteiger partial charge < -0.3 is 20.5 Å². The minimum Gasteiger partial charge on any atom is -0.394 e. The van der Waals surface area contributed by atoms with Crippen LogP contribution in [0.1, 0.15) is 5.56 Å². The summed E-state index contributed by atoms with van der Waals surface area (Å²) in [5.74, 6) is -2.07. The number of benzene rings is 1. The molecule has 1 fully saturated rings. The molecule has 1 saturated heterocycles. The molecule has 19 heavy (non-hydrogen) atoms. The van der Waals surface area contributed by atoms with E-state index >= 15 is 0 Å². The Hall–Kier alpha value is -1.31. The van der Waals surface area contributed by atoms with Gasteiger partial charge in [0.15, 0.2) is 11.6 Å². The number of rotatable bonds is 3. The Labute approximate surface area is 114 Å². The van der Waals surface area contributed by atoms with Crippen molar-refractivity contribution in [2.24, 2.45) is 5.73 Å². The van der Waals surface area contributed by atoms with E-state index in [2.05, 4.69) is 12.2 Å². The summed E-state index contributed by atoms with van der Waals surface area (Å²) in [5.41, 5.74) is 5.28. The molecule has 0 radical (unpaired) electrons. The lowest BCUT2D eigenvalue weighted by atomic mass is 10.1. The molecule has 1 aromatic rings. The van der Waals surface area contributed by atoms with Gasteiger partial charge in [-0.3, -0.25) is 0 Å². The normalized spacial score (nSPS) is 19.5. The smallest absolute Gasteiger partial charge is 0.182 e. The monoisotopic (exact) mass is 288 g/mol. The molecule has 3 N–H and O–H groups in total. The van der Waals surface area contributed by atoms with E-state index in [-0.39, 0.29) is 29.5 Å². The molecule has 0 bridgehead atoms. The van der Waals surface area contributed by atoms with E-state index in [1.165, 1.54) is 12.1 Å². The molecule has 0 aliphatic carbocycles. The van der Waals surface area contributed by atoms with Crippen molar-refractivity contribution < 1.29 is 18.6 Å². The van der Waals surface area contributed by atoms with Gasteiger partial charge >= 0.3 is 0 Å². The quantitative estimate of drug-likeness (QED) is 0.806. The summed E-state index contributed by atoms with van der Waals surface area (Å²) in [6.07, 6.45) is 0. The van der Waals surface area contributed by atoms with Crippen molar-refractivity contribution in [1.29, 1.82) is 0 Å². The van der Waals surface area contributed by atoms with Crippen molar-refractivity contribution in [1.82, 2.24) is 0 Å². The SMILES string of the molecule is NC(=S)c1ccc(N2CCOCC2CO)c(F)c1F. The van der Waals surface area contributed by atoms with Gasteiger partial charge in [-0.1, -0.05) is 12.2 Å². The van der Waals surface area contributed by atoms with Crippen molar-refractivity contribution in [3.63, 3.8) is 0 Å². The minimum atomic E-state index is -1.06. The minimum absolute atomic E-state index is 0.0832. The average Bonchev–Trinajstić information content (AvgIpc) is 2.41. The van der Waals surface area contributed by atoms with Gasteiger partial charge in [0, 0.05) is 12.1 Å². The lowest BCUT2D eigenvalue weighted by molar-refractivity contribution is 0.0723. The molecule has 0 aromatic heterocycles. The van der Waals surface area contributed by atoms with Crippen LogP contribution in [0.4, 0.5) is 14.5 Å². The Kier molecular flexibility index (Phi) is 4.28. The van der Waals surface area contributed by atoms with Crippen LogP contribution in [0.2, 0.25) is 0 Å². The number of hydrogen-bond donors (Lipinski definition) is 2. The van der Waals surface area contributed by atoms with Gasteiger partial charge in [0.2, 0.25) is 0 Å². The van der Waals surface area contributed by atoms with Gasteiger partial charge in [-0.05, 0) is 12.1 Å². The number of nitrogens with two attached hydrogens (primary N) is 1. The zero-order valence-electron chi connectivity index (χ0n) is 10.1. The van der Waals surface area contributed by atoms with Crippen LogP contribution < -0.4 is 10.6 Å². The molecule has 0 saturated carbocycles. The highest BCUT2D eigenvalue weighted by molar-refractivity contribution is 7.80. The van der Waals surface area contributed by atoms with E-state index in [4.69, 9.17) is 10.5 Å². The first-order valence-electron chi connectivity index (χ1n) is 5.79. The number of halogens is 2. The molecular weight excluding hydrogens is 274 g/mol. The van der Waals surface area contributed by atoms with Gasteiger partial charge in [-0.25, -0.2) is 8.78 Å². The summed E-state index contributed by atoms with van der Waals surface area (Å²) in [4.78, 5) is 1.40. The highest BCUT2D eigenvalue weighted by Gasteiger charge is 2.27. The van der Waals surface area contributed by atoms with E-state index in [1.54, 1.807) is 4.90 Å². The molecule has 4 nitrogen and oxygen atoms in total. The second-order valence-electron chi connectivity index (χ2n) is 4.23. The fourth-order valence-corrected chi connectivity index (χ4v) is 2.23. The number of anilines is 1. The lowest BCUT2D eigenvalue weighted by Gasteiger charge is -2.36. The zero-order chi connectivity index (χ0) is 14.0. The molecule has 0 amide bonds. The van der Waals surface area contributed by atoms with Crippen LogP contribution in [0.3, 0.4) is 0 Å². The number of aliphatic hydroxyl groups excluding tert-OH is 1. The number of hydrogen-bond acceptors (Lipinski definition) is 4. The predicted octanol–water partition coefficient (Wildman–Crippen LogP) is 0.796. The topological polar surface area (TPSA) is 58.7 Å². The molecule has 0 spiro atoms. The van der Waals surface area contributed by atoms with Crippen LogP contribution in [0.5, 0.6) is 0 Å². The standard InChI is InChI=1S/C12H14F2N2O2S/c13-10-8(12(15)19)1-2-9(11(10)14)16-3-4-18-6-7(16)5-17/h1-2,7,17H,3-6H2,(H2,15,19). The fraction of sp³-hybridized carbons (Fsp3) is 0.417. The van der Waals surface area contributed by atoms with Crippen LogP contribution in [0.25, 0.3) is 0 Å². The average molecular weight is 288 g/mol. The molecule has 104 valence electrons. The first kappa shape index (κ1) is 14.1. The van der Waals surface area contributed by atoms with E-state index < -0.39 is 17.7 Å². The van der Waals surface area contributed by atoms with Crippen LogP contribution in [-0.2, 0) is 4.74 Å². The fourth-order valence-electron chi connectivity index (χ4n) is 2.07.